The van der Waals surface area contributed by atoms with Crippen molar-refractivity contribution in [2.45, 2.75) is 45.3 Å². The molecule has 5 rings (SSSR count). The lowest BCUT2D eigenvalue weighted by Gasteiger charge is -2.40. The molecule has 12 heteroatoms. The molecule has 3 N–H and O–H groups in total. The Kier molecular flexibility index (Phi) is 7.05. The van der Waals surface area contributed by atoms with E-state index in [9.17, 15) is 4.79 Å². The highest BCUT2D eigenvalue weighted by Crippen LogP contribution is 2.30. The van der Waals surface area contributed by atoms with Crippen LogP contribution in [-0.2, 0) is 9.53 Å². The van der Waals surface area contributed by atoms with Crippen molar-refractivity contribution in [1.82, 2.24) is 40.2 Å². The molecule has 0 aliphatic carbocycles. The largest absolute Gasteiger partial charge is 0.368 e. The van der Waals surface area contributed by atoms with Crippen LogP contribution in [0, 0.1) is 13.8 Å². The van der Waals surface area contributed by atoms with Crippen LogP contribution >= 0.6 is 0 Å². The minimum absolute atomic E-state index is 0.135. The maximum Gasteiger partial charge on any atom is 0.252 e. The molecule has 4 aromatic rings. The van der Waals surface area contributed by atoms with Gasteiger partial charge in [-0.2, -0.15) is 15.2 Å². The number of hydrogen-bond acceptors (Lipinski definition) is 9. The van der Waals surface area contributed by atoms with Crippen LogP contribution < -0.4 is 15.5 Å². The van der Waals surface area contributed by atoms with Crippen LogP contribution in [0.4, 0.5) is 17.6 Å². The van der Waals surface area contributed by atoms with Gasteiger partial charge in [0.25, 0.3) is 5.91 Å². The number of carbonyl (C=O) groups is 1. The molecule has 1 aliphatic rings. The monoisotopic (exact) mass is 516 g/mol. The highest BCUT2D eigenvalue weighted by atomic mass is 16.5. The van der Waals surface area contributed by atoms with E-state index in [1.807, 2.05) is 57.3 Å². The van der Waals surface area contributed by atoms with Gasteiger partial charge >= 0.3 is 0 Å². The predicted molar refractivity (Wildman–Crippen MR) is 142 cm³/mol. The second-order valence-corrected chi connectivity index (χ2v) is 9.54. The summed E-state index contributed by atoms with van der Waals surface area (Å²) in [5.74, 6) is 2.56. The van der Waals surface area contributed by atoms with Crippen molar-refractivity contribution in [3.8, 4) is 5.82 Å². The van der Waals surface area contributed by atoms with Crippen LogP contribution in [0.15, 0.2) is 48.9 Å². The van der Waals surface area contributed by atoms with E-state index >= 15 is 0 Å². The number of aryl methyl sites for hydroxylation is 2. The summed E-state index contributed by atoms with van der Waals surface area (Å²) in [5, 5.41) is 17.7. The SMILES string of the molecule is COC1(C(=O)N[C@@H](C)c2ccc(-n3cccn3)nc2)CCN(c2nc(C)cc(Nc3cc(C)[nH]n3)n2)CC1. The van der Waals surface area contributed by atoms with Crippen molar-refractivity contribution in [2.24, 2.45) is 0 Å². The lowest BCUT2D eigenvalue weighted by atomic mass is 9.89. The molecule has 0 spiro atoms. The van der Waals surface area contributed by atoms with E-state index < -0.39 is 5.60 Å². The summed E-state index contributed by atoms with van der Waals surface area (Å²) in [6.45, 7) is 6.98. The van der Waals surface area contributed by atoms with E-state index in [4.69, 9.17) is 4.74 Å². The Morgan fingerprint density at radius 3 is 2.61 bits per heavy atom. The molecule has 12 nitrogen and oxygen atoms in total. The van der Waals surface area contributed by atoms with Gasteiger partial charge in [-0.3, -0.25) is 9.89 Å². The van der Waals surface area contributed by atoms with Crippen molar-refractivity contribution in [3.63, 3.8) is 0 Å². The van der Waals surface area contributed by atoms with Crippen LogP contribution in [0.2, 0.25) is 0 Å². The summed E-state index contributed by atoms with van der Waals surface area (Å²) in [6.07, 6.45) is 6.32. The Hall–Kier alpha value is -4.32. The molecule has 1 amide bonds. The number of pyridine rings is 1. The van der Waals surface area contributed by atoms with Crippen molar-refractivity contribution < 1.29 is 9.53 Å². The van der Waals surface area contributed by atoms with Crippen molar-refractivity contribution in [1.29, 1.82) is 0 Å². The average molecular weight is 517 g/mol. The van der Waals surface area contributed by atoms with Gasteiger partial charge in [-0.05, 0) is 38.5 Å². The number of nitrogens with one attached hydrogen (secondary N) is 3. The number of aromatic nitrogens is 7. The van der Waals surface area contributed by atoms with Crippen LogP contribution in [0.5, 0.6) is 0 Å². The zero-order valence-corrected chi connectivity index (χ0v) is 22.0. The van der Waals surface area contributed by atoms with Crippen LogP contribution in [0.3, 0.4) is 0 Å². The fourth-order valence-electron chi connectivity index (χ4n) is 4.57. The van der Waals surface area contributed by atoms with E-state index in [2.05, 4.69) is 45.8 Å². The molecule has 1 atom stereocenters. The van der Waals surface area contributed by atoms with E-state index in [1.54, 1.807) is 24.2 Å². The summed E-state index contributed by atoms with van der Waals surface area (Å²) in [4.78, 5) is 29.3. The van der Waals surface area contributed by atoms with Crippen LogP contribution in [0.1, 0.15) is 42.8 Å². The number of aromatic amines is 1. The quantitative estimate of drug-likeness (QED) is 0.322. The van der Waals surface area contributed by atoms with Gasteiger partial charge in [0.05, 0.1) is 6.04 Å². The number of rotatable bonds is 8. The first-order valence-electron chi connectivity index (χ1n) is 12.6. The highest BCUT2D eigenvalue weighted by Gasteiger charge is 2.42. The Labute approximate surface area is 220 Å². The minimum atomic E-state index is -0.926. The third kappa shape index (κ3) is 5.35. The number of ether oxygens (including phenoxy) is 1. The maximum atomic E-state index is 13.4. The Balaban J connectivity index is 1.22. The number of anilines is 3. The number of carbonyl (C=O) groups excluding carboxylic acids is 1. The van der Waals surface area contributed by atoms with E-state index in [0.29, 0.717) is 49.3 Å². The van der Waals surface area contributed by atoms with Gasteiger partial charge in [-0.1, -0.05) is 6.07 Å². The number of piperidine rings is 1. The molecule has 198 valence electrons. The van der Waals surface area contributed by atoms with Gasteiger partial charge in [0, 0.05) is 75.2 Å². The standard InChI is InChI=1S/C26H32N10O2/c1-17-14-21(31-22-15-18(2)33-34-22)32-25(29-17)35-12-8-26(38-4,9-13-35)24(37)30-19(3)20-6-7-23(27-16-20)36-11-5-10-28-36/h5-7,10-11,14-16,19H,8-9,12-13H2,1-4H3,(H,30,37)(H2,29,31,32,33,34)/t19-/m0/s1. The van der Waals surface area contributed by atoms with Crippen molar-refractivity contribution in [3.05, 3.63) is 65.9 Å². The van der Waals surface area contributed by atoms with E-state index in [1.165, 1.54) is 0 Å². The number of H-pyrrole nitrogens is 1. The molecule has 1 aliphatic heterocycles. The summed E-state index contributed by atoms with van der Waals surface area (Å²) >= 11 is 0. The molecular formula is C26H32N10O2. The third-order valence-electron chi connectivity index (χ3n) is 6.82. The third-order valence-corrected chi connectivity index (χ3v) is 6.82. The Bertz CT molecular complexity index is 1380. The first-order chi connectivity index (χ1) is 18.3. The fourth-order valence-corrected chi connectivity index (χ4v) is 4.57. The Morgan fingerprint density at radius 2 is 1.97 bits per heavy atom. The molecule has 0 radical (unpaired) electrons. The topological polar surface area (TPSA) is 139 Å². The normalized spacial score (nSPS) is 15.7. The minimum Gasteiger partial charge on any atom is -0.368 e. The molecular weight excluding hydrogens is 484 g/mol. The molecule has 38 heavy (non-hydrogen) atoms. The van der Waals surface area contributed by atoms with Crippen molar-refractivity contribution >= 4 is 23.5 Å². The van der Waals surface area contributed by atoms with Gasteiger partial charge in [-0.25, -0.2) is 14.6 Å². The van der Waals surface area contributed by atoms with Gasteiger partial charge in [0.1, 0.15) is 11.4 Å². The molecule has 1 fully saturated rings. The molecule has 0 saturated carbocycles. The summed E-state index contributed by atoms with van der Waals surface area (Å²) in [5.41, 5.74) is 1.77. The lowest BCUT2D eigenvalue weighted by molar-refractivity contribution is -0.146. The first kappa shape index (κ1) is 25.3. The number of amides is 1. The molecule has 0 unspecified atom stereocenters. The number of hydrogen-bond donors (Lipinski definition) is 3. The number of nitrogens with zero attached hydrogens (tertiary/aromatic N) is 7. The zero-order valence-electron chi connectivity index (χ0n) is 22.0. The predicted octanol–water partition coefficient (Wildman–Crippen LogP) is 3.00. The average Bonchev–Trinajstić information content (AvgIpc) is 3.60. The summed E-state index contributed by atoms with van der Waals surface area (Å²) in [6, 6.07) is 9.23. The molecule has 4 aromatic heterocycles. The zero-order chi connectivity index (χ0) is 26.7. The second kappa shape index (κ2) is 10.6. The molecule has 0 bridgehead atoms. The molecule has 0 aromatic carbocycles. The van der Waals surface area contributed by atoms with Crippen molar-refractivity contribution in [2.75, 3.05) is 30.4 Å². The van der Waals surface area contributed by atoms with Gasteiger partial charge in [-0.15, -0.1) is 0 Å². The molecule has 5 heterocycles. The second-order valence-electron chi connectivity index (χ2n) is 9.54. The smallest absolute Gasteiger partial charge is 0.252 e. The highest BCUT2D eigenvalue weighted by molar-refractivity contribution is 5.86. The van der Waals surface area contributed by atoms with Gasteiger partial charge < -0.3 is 20.3 Å². The van der Waals surface area contributed by atoms with Crippen LogP contribution in [-0.4, -0.2) is 66.6 Å². The van der Waals surface area contributed by atoms with Gasteiger partial charge in [0.15, 0.2) is 11.6 Å². The van der Waals surface area contributed by atoms with E-state index in [-0.39, 0.29) is 11.9 Å². The first-order valence-corrected chi connectivity index (χ1v) is 12.6. The fraction of sp³-hybridized carbons (Fsp3) is 0.385. The van der Waals surface area contributed by atoms with Gasteiger partial charge in [0.2, 0.25) is 5.95 Å². The summed E-state index contributed by atoms with van der Waals surface area (Å²) in [7, 11) is 1.59. The molecule has 1 saturated heterocycles. The Morgan fingerprint density at radius 1 is 1.16 bits per heavy atom. The lowest BCUT2D eigenvalue weighted by Crippen LogP contribution is -2.55. The van der Waals surface area contributed by atoms with Crippen LogP contribution in [0.25, 0.3) is 5.82 Å². The number of methoxy groups -OCH3 is 1. The van der Waals surface area contributed by atoms with E-state index in [0.717, 1.165) is 17.0 Å². The summed E-state index contributed by atoms with van der Waals surface area (Å²) < 4.78 is 7.52. The maximum absolute atomic E-state index is 13.4.